The molecule has 1 heterocycles. The number of rotatable bonds is 5. The average molecular weight is 351 g/mol. The lowest BCUT2D eigenvalue weighted by Crippen LogP contribution is -2.26. The van der Waals surface area contributed by atoms with Crippen molar-refractivity contribution in [3.05, 3.63) is 45.7 Å². The lowest BCUT2D eigenvalue weighted by atomic mass is 10.1. The molecule has 0 spiro atoms. The number of aromatic nitrogens is 2. The summed E-state index contributed by atoms with van der Waals surface area (Å²) in [5.41, 5.74) is 8.96. The third kappa shape index (κ3) is 4.07. The molecule has 0 aliphatic heterocycles. The lowest BCUT2D eigenvalue weighted by molar-refractivity contribution is 0.0953. The zero-order chi connectivity index (χ0) is 15.4. The summed E-state index contributed by atoms with van der Waals surface area (Å²) in [6.07, 6.45) is 0.824. The Hall–Kier alpha value is -1.82. The number of aryl methyl sites for hydroxylation is 3. The van der Waals surface area contributed by atoms with Crippen molar-refractivity contribution in [2.45, 2.75) is 26.8 Å². The van der Waals surface area contributed by atoms with Gasteiger partial charge >= 0.3 is 0 Å². The molecule has 0 saturated heterocycles. The quantitative estimate of drug-likeness (QED) is 0.643. The molecular formula is C15H19BrN4O. The van der Waals surface area contributed by atoms with Crippen LogP contribution in [0.5, 0.6) is 0 Å². The normalized spacial score (nSPS) is 10.6. The highest BCUT2D eigenvalue weighted by Gasteiger charge is 2.09. The van der Waals surface area contributed by atoms with E-state index in [1.165, 1.54) is 0 Å². The summed E-state index contributed by atoms with van der Waals surface area (Å²) in [5.74, 6) is -0.145. The molecule has 0 aliphatic carbocycles. The highest BCUT2D eigenvalue weighted by molar-refractivity contribution is 9.10. The number of carbonyl (C=O) groups excluding carboxylic acids is 1. The fourth-order valence-corrected chi connectivity index (χ4v) is 2.55. The fraction of sp³-hybridized carbons (Fsp3) is 0.333. The Balaban J connectivity index is 1.83. The van der Waals surface area contributed by atoms with E-state index < -0.39 is 0 Å². The van der Waals surface area contributed by atoms with Crippen LogP contribution in [0.3, 0.4) is 0 Å². The van der Waals surface area contributed by atoms with Crippen molar-refractivity contribution in [2.75, 3.05) is 12.3 Å². The largest absolute Gasteiger partial charge is 0.398 e. The van der Waals surface area contributed by atoms with E-state index in [9.17, 15) is 4.79 Å². The average Bonchev–Trinajstić information content (AvgIpc) is 2.73. The Kier molecular flexibility index (Phi) is 5.01. The molecule has 2 rings (SSSR count). The second-order valence-electron chi connectivity index (χ2n) is 4.99. The Labute approximate surface area is 132 Å². The molecule has 1 aromatic heterocycles. The molecule has 0 bridgehead atoms. The van der Waals surface area contributed by atoms with Crippen LogP contribution in [0.2, 0.25) is 0 Å². The summed E-state index contributed by atoms with van der Waals surface area (Å²) >= 11 is 3.32. The van der Waals surface area contributed by atoms with Crippen LogP contribution < -0.4 is 11.1 Å². The van der Waals surface area contributed by atoms with Gasteiger partial charge in [0.2, 0.25) is 0 Å². The molecule has 0 unspecified atom stereocenters. The summed E-state index contributed by atoms with van der Waals surface area (Å²) in [4.78, 5) is 12.0. The van der Waals surface area contributed by atoms with Gasteiger partial charge < -0.3 is 11.1 Å². The van der Waals surface area contributed by atoms with Gasteiger partial charge in [-0.05, 0) is 44.5 Å². The van der Waals surface area contributed by atoms with E-state index in [1.807, 2.05) is 24.6 Å². The van der Waals surface area contributed by atoms with Gasteiger partial charge in [0.1, 0.15) is 0 Å². The van der Waals surface area contributed by atoms with Crippen LogP contribution in [0.15, 0.2) is 28.7 Å². The van der Waals surface area contributed by atoms with Crippen LogP contribution in [0, 0.1) is 13.8 Å². The van der Waals surface area contributed by atoms with Gasteiger partial charge in [-0.3, -0.25) is 9.48 Å². The highest BCUT2D eigenvalue weighted by atomic mass is 79.9. The number of nitrogens with two attached hydrogens (primary N) is 1. The topological polar surface area (TPSA) is 72.9 Å². The summed E-state index contributed by atoms with van der Waals surface area (Å²) in [5, 5.41) is 7.27. The molecule has 2 aromatic rings. The van der Waals surface area contributed by atoms with Crippen LogP contribution in [0.4, 0.5) is 5.69 Å². The molecule has 21 heavy (non-hydrogen) atoms. The number of halogens is 1. The van der Waals surface area contributed by atoms with Crippen molar-refractivity contribution in [2.24, 2.45) is 0 Å². The first-order chi connectivity index (χ1) is 9.97. The third-order valence-electron chi connectivity index (χ3n) is 3.19. The van der Waals surface area contributed by atoms with E-state index in [2.05, 4.69) is 26.3 Å². The molecular weight excluding hydrogens is 332 g/mol. The van der Waals surface area contributed by atoms with E-state index in [-0.39, 0.29) is 5.91 Å². The summed E-state index contributed by atoms with van der Waals surface area (Å²) in [6.45, 7) is 5.38. The molecule has 0 atom stereocenters. The molecule has 0 saturated carbocycles. The second-order valence-corrected chi connectivity index (χ2v) is 5.91. The first kappa shape index (κ1) is 15.6. The Morgan fingerprint density at radius 3 is 2.76 bits per heavy atom. The predicted octanol–water partition coefficient (Wildman–Crippen LogP) is 2.66. The first-order valence-electron chi connectivity index (χ1n) is 6.81. The number of hydrogen-bond donors (Lipinski definition) is 2. The van der Waals surface area contributed by atoms with Crippen LogP contribution in [0.25, 0.3) is 0 Å². The van der Waals surface area contributed by atoms with Crippen molar-refractivity contribution in [3.63, 3.8) is 0 Å². The second kappa shape index (κ2) is 6.76. The molecule has 5 nitrogen and oxygen atoms in total. The molecule has 3 N–H and O–H groups in total. The Morgan fingerprint density at radius 2 is 2.14 bits per heavy atom. The van der Waals surface area contributed by atoms with Crippen molar-refractivity contribution in [3.8, 4) is 0 Å². The van der Waals surface area contributed by atoms with E-state index in [1.54, 1.807) is 18.2 Å². The zero-order valence-corrected chi connectivity index (χ0v) is 13.8. The van der Waals surface area contributed by atoms with Crippen LogP contribution in [-0.4, -0.2) is 22.2 Å². The molecule has 112 valence electrons. The summed E-state index contributed by atoms with van der Waals surface area (Å²) in [6, 6.07) is 7.29. The van der Waals surface area contributed by atoms with Gasteiger partial charge in [0.25, 0.3) is 5.91 Å². The van der Waals surface area contributed by atoms with Crippen molar-refractivity contribution >= 4 is 27.5 Å². The van der Waals surface area contributed by atoms with Gasteiger partial charge in [0, 0.05) is 28.9 Å². The number of benzene rings is 1. The molecule has 0 fully saturated rings. The smallest absolute Gasteiger partial charge is 0.253 e. The van der Waals surface area contributed by atoms with Gasteiger partial charge in [-0.15, -0.1) is 0 Å². The number of carbonyl (C=O) groups is 1. The first-order valence-corrected chi connectivity index (χ1v) is 7.61. The maximum atomic E-state index is 12.0. The van der Waals surface area contributed by atoms with E-state index >= 15 is 0 Å². The number of amides is 1. The van der Waals surface area contributed by atoms with E-state index in [0.29, 0.717) is 17.8 Å². The number of hydrogen-bond acceptors (Lipinski definition) is 3. The summed E-state index contributed by atoms with van der Waals surface area (Å²) in [7, 11) is 0. The van der Waals surface area contributed by atoms with E-state index in [4.69, 9.17) is 5.73 Å². The van der Waals surface area contributed by atoms with Gasteiger partial charge in [-0.2, -0.15) is 5.10 Å². The standard InChI is InChI=1S/C15H19BrN4O/c1-10-8-11(2)20(19-10)7-3-6-18-15(21)13-5-4-12(16)9-14(13)17/h4-5,8-9H,3,6-7,17H2,1-2H3,(H,18,21). The molecule has 6 heteroatoms. The van der Waals surface area contributed by atoms with Gasteiger partial charge in [-0.25, -0.2) is 0 Å². The van der Waals surface area contributed by atoms with Gasteiger partial charge in [0.15, 0.2) is 0 Å². The zero-order valence-electron chi connectivity index (χ0n) is 12.2. The summed E-state index contributed by atoms with van der Waals surface area (Å²) < 4.78 is 2.82. The predicted molar refractivity (Wildman–Crippen MR) is 87.2 cm³/mol. The number of nitrogens with zero attached hydrogens (tertiary/aromatic N) is 2. The lowest BCUT2D eigenvalue weighted by Gasteiger charge is -2.08. The van der Waals surface area contributed by atoms with Crippen molar-refractivity contribution < 1.29 is 4.79 Å². The minimum Gasteiger partial charge on any atom is -0.398 e. The maximum absolute atomic E-state index is 12.0. The van der Waals surface area contributed by atoms with E-state index in [0.717, 1.165) is 28.8 Å². The van der Waals surface area contributed by atoms with Crippen LogP contribution in [0.1, 0.15) is 28.2 Å². The minimum absolute atomic E-state index is 0.145. The Morgan fingerprint density at radius 1 is 1.38 bits per heavy atom. The van der Waals surface area contributed by atoms with Crippen LogP contribution >= 0.6 is 15.9 Å². The monoisotopic (exact) mass is 350 g/mol. The molecule has 1 aromatic carbocycles. The molecule has 0 aliphatic rings. The van der Waals surface area contributed by atoms with Crippen molar-refractivity contribution in [1.29, 1.82) is 0 Å². The maximum Gasteiger partial charge on any atom is 0.253 e. The highest BCUT2D eigenvalue weighted by Crippen LogP contribution is 2.18. The van der Waals surface area contributed by atoms with Gasteiger partial charge in [-0.1, -0.05) is 15.9 Å². The minimum atomic E-state index is -0.145. The number of nitrogen functional groups attached to an aromatic ring is 1. The number of anilines is 1. The Bertz CT molecular complexity index is 651. The molecule has 0 radical (unpaired) electrons. The SMILES string of the molecule is Cc1cc(C)n(CCCNC(=O)c2ccc(Br)cc2N)n1. The van der Waals surface area contributed by atoms with Crippen molar-refractivity contribution in [1.82, 2.24) is 15.1 Å². The fourth-order valence-electron chi connectivity index (χ4n) is 2.17. The van der Waals surface area contributed by atoms with Crippen LogP contribution in [-0.2, 0) is 6.54 Å². The molecule has 1 amide bonds. The third-order valence-corrected chi connectivity index (χ3v) is 3.69. The number of nitrogens with one attached hydrogen (secondary N) is 1. The van der Waals surface area contributed by atoms with Gasteiger partial charge in [0.05, 0.1) is 11.3 Å².